The largest absolute Gasteiger partial charge is 0.394 e. The molecule has 1 aromatic heterocycles. The second-order valence-electron chi connectivity index (χ2n) is 6.32. The fourth-order valence-electron chi connectivity index (χ4n) is 3.37. The Kier molecular flexibility index (Phi) is 3.92. The normalized spacial score (nSPS) is 25.5. The van der Waals surface area contributed by atoms with Crippen LogP contribution in [0.1, 0.15) is 54.6 Å². The lowest BCUT2D eigenvalue weighted by atomic mass is 9.93. The van der Waals surface area contributed by atoms with Crippen LogP contribution in [0.4, 0.5) is 0 Å². The van der Waals surface area contributed by atoms with E-state index in [1.165, 1.54) is 41.3 Å². The first-order valence-corrected chi connectivity index (χ1v) is 8.36. The summed E-state index contributed by atoms with van der Waals surface area (Å²) in [5, 5.41) is 14.4. The molecule has 0 unspecified atom stereocenters. The Morgan fingerprint density at radius 1 is 1.42 bits per heavy atom. The van der Waals surface area contributed by atoms with E-state index in [-0.39, 0.29) is 12.1 Å². The van der Waals surface area contributed by atoms with Gasteiger partial charge in [-0.2, -0.15) is 0 Å². The van der Waals surface area contributed by atoms with Gasteiger partial charge in [-0.05, 0) is 38.0 Å². The third-order valence-corrected chi connectivity index (χ3v) is 5.83. The second-order valence-corrected chi connectivity index (χ2v) is 7.49. The zero-order valence-electron chi connectivity index (χ0n) is 11.7. The average molecular weight is 280 g/mol. The zero-order chi connectivity index (χ0) is 13.3. The second kappa shape index (κ2) is 5.51. The summed E-state index contributed by atoms with van der Waals surface area (Å²) in [6.07, 6.45) is 8.32. The molecule has 2 aliphatic carbocycles. The standard InChI is InChI=1S/C15H24N2OS/c1-11-4-5-12-13(8-11)19-14(17-12)9-16-15(10-18)6-2-3-7-15/h11,16,18H,2-10H2,1H3/t11-/m1/s1. The number of nitrogens with one attached hydrogen (secondary N) is 1. The number of thiazole rings is 1. The van der Waals surface area contributed by atoms with Crippen molar-refractivity contribution in [2.24, 2.45) is 5.92 Å². The maximum atomic E-state index is 9.61. The van der Waals surface area contributed by atoms with Gasteiger partial charge >= 0.3 is 0 Å². The SMILES string of the molecule is C[C@@H]1CCc2nc(CNC3(CO)CCCC3)sc2C1. The Bertz CT molecular complexity index is 437. The molecule has 1 fully saturated rings. The highest BCUT2D eigenvalue weighted by Crippen LogP contribution is 2.32. The minimum atomic E-state index is -0.0283. The number of fused-ring (bicyclic) bond motifs is 1. The van der Waals surface area contributed by atoms with Gasteiger partial charge in [0, 0.05) is 17.0 Å². The molecule has 1 heterocycles. The number of aromatic nitrogens is 1. The highest BCUT2D eigenvalue weighted by atomic mass is 32.1. The van der Waals surface area contributed by atoms with E-state index in [2.05, 4.69) is 12.2 Å². The van der Waals surface area contributed by atoms with Gasteiger partial charge in [-0.25, -0.2) is 4.98 Å². The van der Waals surface area contributed by atoms with Gasteiger partial charge < -0.3 is 10.4 Å². The van der Waals surface area contributed by atoms with Crippen LogP contribution in [0.5, 0.6) is 0 Å². The van der Waals surface area contributed by atoms with Gasteiger partial charge in [0.15, 0.2) is 0 Å². The van der Waals surface area contributed by atoms with Crippen molar-refractivity contribution >= 4 is 11.3 Å². The van der Waals surface area contributed by atoms with Crippen LogP contribution in [0.25, 0.3) is 0 Å². The number of rotatable bonds is 4. The van der Waals surface area contributed by atoms with Crippen molar-refractivity contribution in [1.29, 1.82) is 0 Å². The van der Waals surface area contributed by atoms with Crippen LogP contribution in [0.2, 0.25) is 0 Å². The minimum Gasteiger partial charge on any atom is -0.394 e. The van der Waals surface area contributed by atoms with E-state index in [0.717, 1.165) is 31.7 Å². The van der Waals surface area contributed by atoms with E-state index in [1.54, 1.807) is 0 Å². The molecular formula is C15H24N2OS. The van der Waals surface area contributed by atoms with Crippen LogP contribution in [-0.2, 0) is 19.4 Å². The summed E-state index contributed by atoms with van der Waals surface area (Å²) < 4.78 is 0. The van der Waals surface area contributed by atoms with Gasteiger partial charge in [0.1, 0.15) is 5.01 Å². The van der Waals surface area contributed by atoms with Crippen LogP contribution in [0.3, 0.4) is 0 Å². The van der Waals surface area contributed by atoms with Crippen LogP contribution >= 0.6 is 11.3 Å². The molecule has 2 aliphatic rings. The van der Waals surface area contributed by atoms with Gasteiger partial charge in [0.2, 0.25) is 0 Å². The van der Waals surface area contributed by atoms with Crippen molar-refractivity contribution < 1.29 is 5.11 Å². The average Bonchev–Trinajstić information content (AvgIpc) is 3.02. The molecule has 0 aromatic carbocycles. The molecule has 0 radical (unpaired) electrons. The van der Waals surface area contributed by atoms with Crippen molar-refractivity contribution in [3.05, 3.63) is 15.6 Å². The van der Waals surface area contributed by atoms with Crippen LogP contribution < -0.4 is 5.32 Å². The molecule has 0 saturated heterocycles. The molecule has 2 N–H and O–H groups in total. The molecule has 106 valence electrons. The van der Waals surface area contributed by atoms with Gasteiger partial charge in [0.25, 0.3) is 0 Å². The molecule has 1 aromatic rings. The fourth-order valence-corrected chi connectivity index (χ4v) is 4.59. The number of nitrogens with zero attached hydrogens (tertiary/aromatic N) is 1. The van der Waals surface area contributed by atoms with E-state index in [4.69, 9.17) is 4.98 Å². The molecule has 4 heteroatoms. The Morgan fingerprint density at radius 3 is 2.95 bits per heavy atom. The summed E-state index contributed by atoms with van der Waals surface area (Å²) in [6, 6.07) is 0. The highest BCUT2D eigenvalue weighted by molar-refractivity contribution is 7.11. The number of aliphatic hydroxyl groups is 1. The van der Waals surface area contributed by atoms with Gasteiger partial charge in [0.05, 0.1) is 12.3 Å². The predicted molar refractivity (Wildman–Crippen MR) is 78.4 cm³/mol. The monoisotopic (exact) mass is 280 g/mol. The van der Waals surface area contributed by atoms with E-state index < -0.39 is 0 Å². The first kappa shape index (κ1) is 13.5. The number of aliphatic hydroxyl groups excluding tert-OH is 1. The highest BCUT2D eigenvalue weighted by Gasteiger charge is 2.32. The van der Waals surface area contributed by atoms with Crippen molar-refractivity contribution in [3.63, 3.8) is 0 Å². The Morgan fingerprint density at radius 2 is 2.21 bits per heavy atom. The summed E-state index contributed by atoms with van der Waals surface area (Å²) in [5.41, 5.74) is 1.31. The molecule has 0 amide bonds. The predicted octanol–water partition coefficient (Wildman–Crippen LogP) is 2.66. The third-order valence-electron chi connectivity index (χ3n) is 4.71. The minimum absolute atomic E-state index is 0.0283. The lowest BCUT2D eigenvalue weighted by Gasteiger charge is -2.27. The first-order valence-electron chi connectivity index (χ1n) is 7.54. The van der Waals surface area contributed by atoms with Crippen LogP contribution in [-0.4, -0.2) is 22.2 Å². The van der Waals surface area contributed by atoms with Crippen molar-refractivity contribution in [2.75, 3.05) is 6.61 Å². The maximum Gasteiger partial charge on any atom is 0.107 e. The maximum absolute atomic E-state index is 9.61. The molecule has 0 bridgehead atoms. The van der Waals surface area contributed by atoms with E-state index in [1.807, 2.05) is 11.3 Å². The number of hydrogen-bond donors (Lipinski definition) is 2. The van der Waals surface area contributed by atoms with Gasteiger partial charge in [-0.15, -0.1) is 11.3 Å². The van der Waals surface area contributed by atoms with Gasteiger partial charge in [-0.3, -0.25) is 0 Å². The van der Waals surface area contributed by atoms with Crippen molar-refractivity contribution in [3.8, 4) is 0 Å². The summed E-state index contributed by atoms with van der Waals surface area (Å²) >= 11 is 1.88. The van der Waals surface area contributed by atoms with E-state index in [0.29, 0.717) is 0 Å². The van der Waals surface area contributed by atoms with Crippen molar-refractivity contribution in [1.82, 2.24) is 10.3 Å². The number of hydrogen-bond acceptors (Lipinski definition) is 4. The molecule has 1 saturated carbocycles. The quantitative estimate of drug-likeness (QED) is 0.891. The third kappa shape index (κ3) is 2.86. The van der Waals surface area contributed by atoms with Crippen LogP contribution in [0, 0.1) is 5.92 Å². The topological polar surface area (TPSA) is 45.2 Å². The van der Waals surface area contributed by atoms with E-state index >= 15 is 0 Å². The molecule has 1 atom stereocenters. The first-order chi connectivity index (χ1) is 9.21. The summed E-state index contributed by atoms with van der Waals surface area (Å²) in [6.45, 7) is 3.42. The lowest BCUT2D eigenvalue weighted by molar-refractivity contribution is 0.163. The van der Waals surface area contributed by atoms with E-state index in [9.17, 15) is 5.11 Å². The summed E-state index contributed by atoms with van der Waals surface area (Å²) in [7, 11) is 0. The summed E-state index contributed by atoms with van der Waals surface area (Å²) in [4.78, 5) is 6.29. The number of aryl methyl sites for hydroxylation is 1. The molecule has 19 heavy (non-hydrogen) atoms. The van der Waals surface area contributed by atoms with Gasteiger partial charge in [-0.1, -0.05) is 19.8 Å². The van der Waals surface area contributed by atoms with Crippen LogP contribution in [0.15, 0.2) is 0 Å². The molecule has 0 spiro atoms. The Hall–Kier alpha value is -0.450. The lowest BCUT2D eigenvalue weighted by Crippen LogP contribution is -2.45. The van der Waals surface area contributed by atoms with Crippen molar-refractivity contribution in [2.45, 2.75) is 64.0 Å². The Balaban J connectivity index is 1.64. The molecule has 3 rings (SSSR count). The summed E-state index contributed by atoms with van der Waals surface area (Å²) in [5.74, 6) is 0.812. The fraction of sp³-hybridized carbons (Fsp3) is 0.800. The smallest absolute Gasteiger partial charge is 0.107 e. The zero-order valence-corrected chi connectivity index (χ0v) is 12.6. The molecule has 3 nitrogen and oxygen atoms in total. The molecular weight excluding hydrogens is 256 g/mol. The Labute approximate surface area is 119 Å². The molecule has 0 aliphatic heterocycles.